The van der Waals surface area contributed by atoms with Gasteiger partial charge in [-0.05, 0) is 89.9 Å². The molecule has 0 heterocycles. The van der Waals surface area contributed by atoms with Crippen LogP contribution >= 0.6 is 0 Å². The third kappa shape index (κ3) is 45.5. The standard InChI is InChI=1S/C53H88O6/c1-4-7-10-13-15-17-19-21-23-25-26-28-29-31-33-35-37-40-43-46-52(55)58-49-50(48-57-51(54)45-42-39-12-9-6-3)59-53(56)47-44-41-38-36-34-32-30-27-24-22-20-18-16-14-11-8-5-2/h8,11,15-18,21-24,30,32,36,38,50H,4-7,9-10,12-14,19-20,25-29,31,33-35,37,39-49H2,1-3H3/b11-8-,17-15-,18-16-,23-21-,24-22-,32-30-,38-36-. The van der Waals surface area contributed by atoms with E-state index >= 15 is 0 Å². The first-order chi connectivity index (χ1) is 29.0. The lowest BCUT2D eigenvalue weighted by atomic mass is 10.1. The van der Waals surface area contributed by atoms with Crippen LogP contribution in [0.2, 0.25) is 0 Å². The Labute approximate surface area is 363 Å². The van der Waals surface area contributed by atoms with Gasteiger partial charge < -0.3 is 14.2 Å². The molecule has 0 aromatic heterocycles. The number of hydrogen-bond acceptors (Lipinski definition) is 6. The predicted molar refractivity (Wildman–Crippen MR) is 251 cm³/mol. The van der Waals surface area contributed by atoms with Crippen LogP contribution in [0.4, 0.5) is 0 Å². The Morgan fingerprint density at radius 1 is 0.356 bits per heavy atom. The molecule has 59 heavy (non-hydrogen) atoms. The lowest BCUT2D eigenvalue weighted by molar-refractivity contribution is -0.167. The topological polar surface area (TPSA) is 78.9 Å². The van der Waals surface area contributed by atoms with E-state index in [1.54, 1.807) is 0 Å². The molecule has 0 amide bonds. The van der Waals surface area contributed by atoms with Crippen LogP contribution in [0.1, 0.15) is 213 Å². The van der Waals surface area contributed by atoms with E-state index in [9.17, 15) is 14.4 Å². The van der Waals surface area contributed by atoms with Crippen molar-refractivity contribution in [3.8, 4) is 0 Å². The van der Waals surface area contributed by atoms with Crippen molar-refractivity contribution in [2.75, 3.05) is 13.2 Å². The summed E-state index contributed by atoms with van der Waals surface area (Å²) in [6.45, 7) is 6.35. The molecule has 0 radical (unpaired) electrons. The van der Waals surface area contributed by atoms with Crippen LogP contribution in [-0.4, -0.2) is 37.2 Å². The Morgan fingerprint density at radius 3 is 1.12 bits per heavy atom. The van der Waals surface area contributed by atoms with E-state index in [2.05, 4.69) is 106 Å². The Bertz CT molecular complexity index is 1170. The highest BCUT2D eigenvalue weighted by atomic mass is 16.6. The Morgan fingerprint density at radius 2 is 0.678 bits per heavy atom. The summed E-state index contributed by atoms with van der Waals surface area (Å²) in [6, 6.07) is 0. The molecule has 0 bridgehead atoms. The van der Waals surface area contributed by atoms with Crippen molar-refractivity contribution in [3.05, 3.63) is 85.1 Å². The molecule has 0 aromatic rings. The molecule has 6 nitrogen and oxygen atoms in total. The molecule has 0 N–H and O–H groups in total. The van der Waals surface area contributed by atoms with Crippen molar-refractivity contribution in [1.29, 1.82) is 0 Å². The quantitative estimate of drug-likeness (QED) is 0.0264. The van der Waals surface area contributed by atoms with Crippen LogP contribution in [0.25, 0.3) is 0 Å². The monoisotopic (exact) mass is 821 g/mol. The number of ether oxygens (including phenoxy) is 3. The molecule has 0 aliphatic heterocycles. The molecule has 0 spiro atoms. The fourth-order valence-electron chi connectivity index (χ4n) is 6.27. The highest BCUT2D eigenvalue weighted by molar-refractivity contribution is 5.71. The number of esters is 3. The van der Waals surface area contributed by atoms with Crippen molar-refractivity contribution >= 4 is 17.9 Å². The van der Waals surface area contributed by atoms with Gasteiger partial charge in [-0.1, -0.05) is 189 Å². The first kappa shape index (κ1) is 55.6. The zero-order valence-corrected chi connectivity index (χ0v) is 38.2. The predicted octanol–water partition coefficient (Wildman–Crippen LogP) is 15.6. The molecule has 0 aliphatic rings. The molecule has 0 rings (SSSR count). The third-order valence-corrected chi connectivity index (χ3v) is 9.88. The van der Waals surface area contributed by atoms with E-state index < -0.39 is 6.10 Å². The second kappa shape index (κ2) is 47.3. The summed E-state index contributed by atoms with van der Waals surface area (Å²) >= 11 is 0. The minimum absolute atomic E-state index is 0.102. The molecule has 6 heteroatoms. The van der Waals surface area contributed by atoms with Gasteiger partial charge in [0.05, 0.1) is 0 Å². The number of carbonyl (C=O) groups is 3. The molecule has 0 saturated heterocycles. The van der Waals surface area contributed by atoms with E-state index in [1.165, 1.54) is 70.6 Å². The van der Waals surface area contributed by atoms with Crippen LogP contribution < -0.4 is 0 Å². The highest BCUT2D eigenvalue weighted by Crippen LogP contribution is 2.13. The third-order valence-electron chi connectivity index (χ3n) is 9.88. The van der Waals surface area contributed by atoms with Gasteiger partial charge in [0, 0.05) is 19.3 Å². The summed E-state index contributed by atoms with van der Waals surface area (Å²) < 4.78 is 16.6. The van der Waals surface area contributed by atoms with Crippen LogP contribution in [-0.2, 0) is 28.6 Å². The molecular formula is C53H88O6. The van der Waals surface area contributed by atoms with Gasteiger partial charge in [-0.3, -0.25) is 14.4 Å². The number of hydrogen-bond donors (Lipinski definition) is 0. The van der Waals surface area contributed by atoms with E-state index in [0.717, 1.165) is 96.3 Å². The first-order valence-electron chi connectivity index (χ1n) is 24.1. The van der Waals surface area contributed by atoms with E-state index in [0.29, 0.717) is 19.3 Å². The maximum atomic E-state index is 12.7. The molecule has 0 saturated carbocycles. The zero-order chi connectivity index (χ0) is 43.0. The average molecular weight is 821 g/mol. The van der Waals surface area contributed by atoms with Crippen molar-refractivity contribution in [3.63, 3.8) is 0 Å². The maximum absolute atomic E-state index is 12.7. The van der Waals surface area contributed by atoms with Gasteiger partial charge in [0.25, 0.3) is 0 Å². The van der Waals surface area contributed by atoms with Gasteiger partial charge in [-0.2, -0.15) is 0 Å². The van der Waals surface area contributed by atoms with E-state index in [1.807, 2.05) is 0 Å². The van der Waals surface area contributed by atoms with Crippen LogP contribution in [0, 0.1) is 0 Å². The minimum atomic E-state index is -0.803. The van der Waals surface area contributed by atoms with Crippen molar-refractivity contribution < 1.29 is 28.6 Å². The summed E-state index contributed by atoms with van der Waals surface area (Å²) in [5.41, 5.74) is 0. The SMILES string of the molecule is CC/C=C\C/C=C\C/C=C\C/C=C\C/C=C\CCCC(=O)OC(COC(=O)CCCCCCC)COC(=O)CCCCCCCCCCC/C=C\C/C=C\CCCCC. The normalized spacial score (nSPS) is 12.8. The average Bonchev–Trinajstić information content (AvgIpc) is 3.23. The van der Waals surface area contributed by atoms with Gasteiger partial charge in [-0.25, -0.2) is 0 Å². The van der Waals surface area contributed by atoms with Gasteiger partial charge >= 0.3 is 17.9 Å². The number of carbonyl (C=O) groups excluding carboxylic acids is 3. The largest absolute Gasteiger partial charge is 0.462 e. The number of allylic oxidation sites excluding steroid dienone is 14. The molecule has 0 aromatic carbocycles. The maximum Gasteiger partial charge on any atom is 0.306 e. The van der Waals surface area contributed by atoms with Gasteiger partial charge in [-0.15, -0.1) is 0 Å². The fraction of sp³-hybridized carbons (Fsp3) is 0.679. The fourth-order valence-corrected chi connectivity index (χ4v) is 6.27. The van der Waals surface area contributed by atoms with Crippen molar-refractivity contribution in [2.45, 2.75) is 219 Å². The zero-order valence-electron chi connectivity index (χ0n) is 38.2. The molecule has 336 valence electrons. The van der Waals surface area contributed by atoms with E-state index in [4.69, 9.17) is 14.2 Å². The van der Waals surface area contributed by atoms with Crippen LogP contribution in [0.15, 0.2) is 85.1 Å². The molecule has 0 fully saturated rings. The summed E-state index contributed by atoms with van der Waals surface area (Å²) in [5, 5.41) is 0. The first-order valence-corrected chi connectivity index (χ1v) is 24.1. The smallest absolute Gasteiger partial charge is 0.306 e. The van der Waals surface area contributed by atoms with Gasteiger partial charge in [0.2, 0.25) is 0 Å². The minimum Gasteiger partial charge on any atom is -0.462 e. The van der Waals surface area contributed by atoms with Gasteiger partial charge in [0.15, 0.2) is 6.10 Å². The van der Waals surface area contributed by atoms with Crippen LogP contribution in [0.5, 0.6) is 0 Å². The summed E-state index contributed by atoms with van der Waals surface area (Å²) in [6.07, 6.45) is 60.3. The summed E-state index contributed by atoms with van der Waals surface area (Å²) in [7, 11) is 0. The highest BCUT2D eigenvalue weighted by Gasteiger charge is 2.19. The molecule has 1 atom stereocenters. The number of rotatable bonds is 42. The van der Waals surface area contributed by atoms with E-state index in [-0.39, 0.29) is 37.5 Å². The Balaban J connectivity index is 4.29. The summed E-state index contributed by atoms with van der Waals surface area (Å²) in [5.74, 6) is -0.984. The second-order valence-corrected chi connectivity index (χ2v) is 15.6. The van der Waals surface area contributed by atoms with Crippen molar-refractivity contribution in [2.24, 2.45) is 0 Å². The van der Waals surface area contributed by atoms with Gasteiger partial charge in [0.1, 0.15) is 13.2 Å². The Kier molecular flexibility index (Phi) is 44.5. The summed E-state index contributed by atoms with van der Waals surface area (Å²) in [4.78, 5) is 37.6. The number of unbranched alkanes of at least 4 members (excludes halogenated alkanes) is 17. The van der Waals surface area contributed by atoms with Crippen LogP contribution in [0.3, 0.4) is 0 Å². The lowest BCUT2D eigenvalue weighted by Crippen LogP contribution is -2.30. The molecule has 1 unspecified atom stereocenters. The lowest BCUT2D eigenvalue weighted by Gasteiger charge is -2.18. The second-order valence-electron chi connectivity index (χ2n) is 15.6. The molecule has 0 aliphatic carbocycles. The van der Waals surface area contributed by atoms with Crippen molar-refractivity contribution in [1.82, 2.24) is 0 Å². The Hall–Kier alpha value is -3.41. The molecular weight excluding hydrogens is 733 g/mol.